The Hall–Kier alpha value is -2.16. The highest BCUT2D eigenvalue weighted by Crippen LogP contribution is 2.03. The van der Waals surface area contributed by atoms with E-state index >= 15 is 0 Å². The molecule has 1 rings (SSSR count). The average Bonchev–Trinajstić information content (AvgIpc) is 2.65. The van der Waals surface area contributed by atoms with Crippen LogP contribution in [0.5, 0.6) is 0 Å². The Morgan fingerprint density at radius 1 is 1.11 bits per heavy atom. The van der Waals surface area contributed by atoms with Crippen molar-refractivity contribution < 1.29 is 28.9 Å². The average molecular weight is 382 g/mol. The molecule has 0 radical (unpaired) electrons. The minimum absolute atomic E-state index is 0.0746. The lowest BCUT2D eigenvalue weighted by Crippen LogP contribution is -2.52. The zero-order chi connectivity index (χ0) is 20.1. The van der Waals surface area contributed by atoms with E-state index in [9.17, 15) is 14.7 Å². The van der Waals surface area contributed by atoms with Gasteiger partial charge in [-0.2, -0.15) is 0 Å². The Balaban J connectivity index is 2.44. The van der Waals surface area contributed by atoms with Crippen LogP contribution in [-0.2, 0) is 25.6 Å². The number of carbonyl (C=O) groups is 2. The van der Waals surface area contributed by atoms with Crippen LogP contribution in [0.4, 0.5) is 4.79 Å². The monoisotopic (exact) mass is 382 g/mol. The van der Waals surface area contributed by atoms with Crippen LogP contribution >= 0.6 is 0 Å². The summed E-state index contributed by atoms with van der Waals surface area (Å²) in [6, 6.07) is 8.05. The fourth-order valence-corrected chi connectivity index (χ4v) is 2.31. The van der Waals surface area contributed by atoms with Gasteiger partial charge in [0.2, 0.25) is 5.91 Å². The molecule has 0 spiro atoms. The number of rotatable bonds is 12. The predicted octanol–water partition coefficient (Wildman–Crippen LogP) is 1.57. The zero-order valence-electron chi connectivity index (χ0n) is 16.1. The summed E-state index contributed by atoms with van der Waals surface area (Å²) in [6.07, 6.45) is -1.81. The van der Waals surface area contributed by atoms with Crippen LogP contribution in [0.2, 0.25) is 0 Å². The molecule has 0 saturated heterocycles. The van der Waals surface area contributed by atoms with E-state index in [-0.39, 0.29) is 13.2 Å². The molecule has 0 unspecified atom stereocenters. The number of amides is 2. The molecule has 0 aliphatic carbocycles. The maximum absolute atomic E-state index is 12.3. The second-order valence-electron chi connectivity index (χ2n) is 5.84. The van der Waals surface area contributed by atoms with Crippen molar-refractivity contribution in [1.82, 2.24) is 10.6 Å². The highest BCUT2D eigenvalue weighted by atomic mass is 16.7. The largest absolute Gasteiger partial charge is 0.445 e. The van der Waals surface area contributed by atoms with E-state index in [1.54, 1.807) is 0 Å². The van der Waals surface area contributed by atoms with E-state index in [1.807, 2.05) is 44.2 Å². The van der Waals surface area contributed by atoms with Crippen LogP contribution in [0.3, 0.4) is 0 Å². The Morgan fingerprint density at radius 2 is 1.74 bits per heavy atom. The quantitative estimate of drug-likeness (QED) is 0.474. The van der Waals surface area contributed by atoms with Gasteiger partial charge in [0, 0.05) is 26.2 Å². The summed E-state index contributed by atoms with van der Waals surface area (Å²) in [5.74, 6) is -0.506. The van der Waals surface area contributed by atoms with Gasteiger partial charge in [0.15, 0.2) is 6.29 Å². The van der Waals surface area contributed by atoms with Crippen molar-refractivity contribution in [2.75, 3.05) is 19.8 Å². The molecule has 0 aliphatic heterocycles. The second-order valence-corrected chi connectivity index (χ2v) is 5.84. The molecule has 8 heteroatoms. The summed E-state index contributed by atoms with van der Waals surface area (Å²) in [5.41, 5.74) is 0.823. The van der Waals surface area contributed by atoms with Gasteiger partial charge in [0.05, 0.1) is 6.10 Å². The first-order valence-electron chi connectivity index (χ1n) is 9.14. The number of aliphatic hydroxyl groups is 1. The van der Waals surface area contributed by atoms with Crippen LogP contribution in [0, 0.1) is 0 Å². The molecule has 152 valence electrons. The van der Waals surface area contributed by atoms with Gasteiger partial charge in [-0.1, -0.05) is 30.3 Å². The van der Waals surface area contributed by atoms with E-state index in [4.69, 9.17) is 14.2 Å². The van der Waals surface area contributed by atoms with Gasteiger partial charge in [-0.15, -0.1) is 0 Å². The molecule has 3 N–H and O–H groups in total. The smallest absolute Gasteiger partial charge is 0.408 e. The number of carbonyl (C=O) groups excluding carboxylic acids is 2. The van der Waals surface area contributed by atoms with E-state index in [2.05, 4.69) is 10.6 Å². The molecule has 0 bridgehead atoms. The Morgan fingerprint density at radius 3 is 2.30 bits per heavy atom. The summed E-state index contributed by atoms with van der Waals surface area (Å²) in [4.78, 5) is 24.2. The number of hydrogen-bond acceptors (Lipinski definition) is 6. The van der Waals surface area contributed by atoms with Gasteiger partial charge in [0.25, 0.3) is 0 Å². The molecule has 8 nitrogen and oxygen atoms in total. The van der Waals surface area contributed by atoms with E-state index in [0.29, 0.717) is 19.6 Å². The fourth-order valence-electron chi connectivity index (χ4n) is 2.31. The van der Waals surface area contributed by atoms with Crippen LogP contribution in [0.15, 0.2) is 30.3 Å². The molecule has 0 aliphatic rings. The SMILES string of the molecule is CCOC(CCNC(=O)[C@@H](NC(=O)OCc1ccccc1)[C@H](C)O)OCC. The molecule has 27 heavy (non-hydrogen) atoms. The first-order chi connectivity index (χ1) is 13.0. The highest BCUT2D eigenvalue weighted by molar-refractivity contribution is 5.86. The summed E-state index contributed by atoms with van der Waals surface area (Å²) < 4.78 is 15.9. The van der Waals surface area contributed by atoms with E-state index in [1.165, 1.54) is 6.92 Å². The minimum atomic E-state index is -1.12. The van der Waals surface area contributed by atoms with Crippen LogP contribution in [0.1, 0.15) is 32.8 Å². The van der Waals surface area contributed by atoms with Crippen LogP contribution in [-0.4, -0.2) is 55.3 Å². The molecule has 0 saturated carbocycles. The van der Waals surface area contributed by atoms with Gasteiger partial charge < -0.3 is 30.0 Å². The molecular weight excluding hydrogens is 352 g/mol. The first kappa shape index (κ1) is 22.9. The molecule has 2 amide bonds. The fraction of sp³-hybridized carbons (Fsp3) is 0.579. The predicted molar refractivity (Wildman–Crippen MR) is 99.9 cm³/mol. The lowest BCUT2D eigenvalue weighted by Gasteiger charge is -2.22. The summed E-state index contributed by atoms with van der Waals surface area (Å²) in [7, 11) is 0. The van der Waals surface area contributed by atoms with Gasteiger partial charge in [-0.25, -0.2) is 4.79 Å². The first-order valence-corrected chi connectivity index (χ1v) is 9.14. The number of aliphatic hydroxyl groups excluding tert-OH is 1. The number of nitrogens with one attached hydrogen (secondary N) is 2. The normalized spacial score (nSPS) is 13.1. The Bertz CT molecular complexity index is 546. The minimum Gasteiger partial charge on any atom is -0.445 e. The molecule has 0 fully saturated rings. The van der Waals surface area contributed by atoms with E-state index < -0.39 is 30.4 Å². The molecule has 0 aromatic heterocycles. The number of hydrogen-bond donors (Lipinski definition) is 3. The topological polar surface area (TPSA) is 106 Å². The molecular formula is C19H30N2O6. The van der Waals surface area contributed by atoms with Crippen molar-refractivity contribution in [2.24, 2.45) is 0 Å². The standard InChI is InChI=1S/C19H30N2O6/c1-4-25-16(26-5-2)11-12-20-18(23)17(14(3)22)21-19(24)27-13-15-9-7-6-8-10-15/h6-10,14,16-17,22H,4-5,11-13H2,1-3H3,(H,20,23)(H,21,24)/t14-,17-/m0/s1. The van der Waals surface area contributed by atoms with Gasteiger partial charge in [0.1, 0.15) is 12.6 Å². The molecule has 1 aromatic carbocycles. The zero-order valence-corrected chi connectivity index (χ0v) is 16.1. The second kappa shape index (κ2) is 13.1. The number of alkyl carbamates (subject to hydrolysis) is 1. The van der Waals surface area contributed by atoms with E-state index in [0.717, 1.165) is 5.56 Å². The summed E-state index contributed by atoms with van der Waals surface area (Å²) >= 11 is 0. The Labute approximate surface area is 160 Å². The van der Waals surface area contributed by atoms with Gasteiger partial charge >= 0.3 is 6.09 Å². The van der Waals surface area contributed by atoms with Gasteiger partial charge in [-0.05, 0) is 26.3 Å². The van der Waals surface area contributed by atoms with Crippen molar-refractivity contribution in [3.8, 4) is 0 Å². The summed E-state index contributed by atoms with van der Waals surface area (Å²) in [5, 5.41) is 14.9. The third-order valence-electron chi connectivity index (χ3n) is 3.64. The maximum Gasteiger partial charge on any atom is 0.408 e. The highest BCUT2D eigenvalue weighted by Gasteiger charge is 2.26. The van der Waals surface area contributed by atoms with Crippen molar-refractivity contribution in [3.63, 3.8) is 0 Å². The van der Waals surface area contributed by atoms with Crippen LogP contribution in [0.25, 0.3) is 0 Å². The lowest BCUT2D eigenvalue weighted by atomic mass is 10.1. The summed E-state index contributed by atoms with van der Waals surface area (Å²) in [6.45, 7) is 6.51. The third-order valence-corrected chi connectivity index (χ3v) is 3.64. The Kier molecular flexibility index (Phi) is 11.1. The van der Waals surface area contributed by atoms with Crippen molar-refractivity contribution in [1.29, 1.82) is 0 Å². The molecule has 1 aromatic rings. The van der Waals surface area contributed by atoms with Crippen molar-refractivity contribution in [3.05, 3.63) is 35.9 Å². The third kappa shape index (κ3) is 9.37. The van der Waals surface area contributed by atoms with Crippen LogP contribution < -0.4 is 10.6 Å². The molecule has 2 atom stereocenters. The molecule has 0 heterocycles. The van der Waals surface area contributed by atoms with Crippen molar-refractivity contribution in [2.45, 2.75) is 52.2 Å². The maximum atomic E-state index is 12.3. The van der Waals surface area contributed by atoms with Gasteiger partial charge in [-0.3, -0.25) is 4.79 Å². The van der Waals surface area contributed by atoms with Crippen molar-refractivity contribution >= 4 is 12.0 Å². The number of benzene rings is 1. The lowest BCUT2D eigenvalue weighted by molar-refractivity contribution is -0.140. The number of ether oxygens (including phenoxy) is 3.